The molecular formula is C18H22N4O6. The van der Waals surface area contributed by atoms with E-state index in [2.05, 4.69) is 32.5 Å². The SMILES string of the molecule is Cc1noc(C2CN(CC(=O)NCCc3ccccc3)C2)n1.O=C(O)C(=O)O. The number of benzene rings is 1. The number of nitrogens with zero attached hydrogens (tertiary/aromatic N) is 3. The minimum atomic E-state index is -1.82. The number of likely N-dealkylation sites (tertiary alicyclic amines) is 1. The van der Waals surface area contributed by atoms with E-state index in [9.17, 15) is 4.79 Å². The molecule has 1 saturated heterocycles. The first-order chi connectivity index (χ1) is 13.3. The van der Waals surface area contributed by atoms with Crippen molar-refractivity contribution in [3.8, 4) is 0 Å². The first kappa shape index (κ1) is 21.0. The number of hydrogen-bond donors (Lipinski definition) is 3. The molecule has 28 heavy (non-hydrogen) atoms. The fraction of sp³-hybridized carbons (Fsp3) is 0.389. The Hall–Kier alpha value is -3.27. The van der Waals surface area contributed by atoms with Gasteiger partial charge in [-0.3, -0.25) is 9.69 Å². The summed E-state index contributed by atoms with van der Waals surface area (Å²) in [6.07, 6.45) is 0.858. The molecule has 1 amide bonds. The largest absolute Gasteiger partial charge is 0.473 e. The molecule has 2 heterocycles. The van der Waals surface area contributed by atoms with E-state index >= 15 is 0 Å². The summed E-state index contributed by atoms with van der Waals surface area (Å²) in [6.45, 7) is 4.51. The maximum absolute atomic E-state index is 11.9. The molecule has 1 aliphatic rings. The molecule has 0 spiro atoms. The van der Waals surface area contributed by atoms with E-state index in [1.54, 1.807) is 0 Å². The molecule has 1 fully saturated rings. The number of aromatic nitrogens is 2. The lowest BCUT2D eigenvalue weighted by Crippen LogP contribution is -2.49. The summed E-state index contributed by atoms with van der Waals surface area (Å²) in [6, 6.07) is 10.2. The number of carbonyl (C=O) groups excluding carboxylic acids is 1. The molecule has 0 radical (unpaired) electrons. The molecule has 2 aromatic rings. The molecule has 1 aliphatic heterocycles. The van der Waals surface area contributed by atoms with Crippen LogP contribution in [0.15, 0.2) is 34.9 Å². The number of aliphatic carboxylic acids is 2. The van der Waals surface area contributed by atoms with Crippen molar-refractivity contribution in [1.82, 2.24) is 20.4 Å². The highest BCUT2D eigenvalue weighted by molar-refractivity contribution is 6.27. The second kappa shape index (κ2) is 10.2. The normalized spacial score (nSPS) is 13.8. The molecule has 0 saturated carbocycles. The number of hydrogen-bond acceptors (Lipinski definition) is 7. The Bertz CT molecular complexity index is 789. The highest BCUT2D eigenvalue weighted by Gasteiger charge is 2.33. The van der Waals surface area contributed by atoms with Gasteiger partial charge in [-0.15, -0.1) is 0 Å². The fourth-order valence-corrected chi connectivity index (χ4v) is 2.58. The average molecular weight is 390 g/mol. The number of aryl methyl sites for hydroxylation is 1. The maximum atomic E-state index is 11.9. The van der Waals surface area contributed by atoms with Crippen LogP contribution in [0, 0.1) is 6.92 Å². The van der Waals surface area contributed by atoms with Crippen LogP contribution in [0.2, 0.25) is 0 Å². The minimum Gasteiger partial charge on any atom is -0.473 e. The third kappa shape index (κ3) is 6.80. The summed E-state index contributed by atoms with van der Waals surface area (Å²) < 4.78 is 5.15. The van der Waals surface area contributed by atoms with Gasteiger partial charge in [-0.05, 0) is 18.9 Å². The fourth-order valence-electron chi connectivity index (χ4n) is 2.58. The zero-order valence-corrected chi connectivity index (χ0v) is 15.4. The van der Waals surface area contributed by atoms with Crippen molar-refractivity contribution in [1.29, 1.82) is 0 Å². The highest BCUT2D eigenvalue weighted by atomic mass is 16.5. The van der Waals surface area contributed by atoms with Crippen molar-refractivity contribution < 1.29 is 29.1 Å². The van der Waals surface area contributed by atoms with Crippen LogP contribution in [-0.2, 0) is 20.8 Å². The van der Waals surface area contributed by atoms with Gasteiger partial charge in [0.2, 0.25) is 11.8 Å². The Morgan fingerprint density at radius 1 is 1.18 bits per heavy atom. The first-order valence-corrected chi connectivity index (χ1v) is 8.64. The number of rotatable bonds is 6. The summed E-state index contributed by atoms with van der Waals surface area (Å²) in [5.41, 5.74) is 1.23. The van der Waals surface area contributed by atoms with Crippen LogP contribution >= 0.6 is 0 Å². The van der Waals surface area contributed by atoms with Gasteiger partial charge in [0.1, 0.15) is 0 Å². The molecule has 0 atom stereocenters. The van der Waals surface area contributed by atoms with Crippen LogP contribution in [-0.4, -0.2) is 69.3 Å². The topological polar surface area (TPSA) is 146 Å². The number of nitrogens with one attached hydrogen (secondary N) is 1. The van der Waals surface area contributed by atoms with Crippen LogP contribution in [0.5, 0.6) is 0 Å². The summed E-state index contributed by atoms with van der Waals surface area (Å²) in [7, 11) is 0. The lowest BCUT2D eigenvalue weighted by molar-refractivity contribution is -0.159. The summed E-state index contributed by atoms with van der Waals surface area (Å²) in [5, 5.41) is 21.5. The second-order valence-electron chi connectivity index (χ2n) is 6.27. The summed E-state index contributed by atoms with van der Waals surface area (Å²) >= 11 is 0. The number of carbonyl (C=O) groups is 3. The molecule has 0 aliphatic carbocycles. The van der Waals surface area contributed by atoms with Crippen LogP contribution in [0.1, 0.15) is 23.2 Å². The van der Waals surface area contributed by atoms with Gasteiger partial charge in [0, 0.05) is 19.6 Å². The van der Waals surface area contributed by atoms with Crippen LogP contribution in [0.4, 0.5) is 0 Å². The lowest BCUT2D eigenvalue weighted by Gasteiger charge is -2.36. The summed E-state index contributed by atoms with van der Waals surface area (Å²) in [5.74, 6) is -1.98. The zero-order valence-electron chi connectivity index (χ0n) is 15.4. The van der Waals surface area contributed by atoms with Crippen LogP contribution < -0.4 is 5.32 Å². The number of carboxylic acids is 2. The average Bonchev–Trinajstić information content (AvgIpc) is 3.05. The number of carboxylic acid groups (broad SMARTS) is 2. The van der Waals surface area contributed by atoms with Crippen LogP contribution in [0.3, 0.4) is 0 Å². The van der Waals surface area contributed by atoms with E-state index < -0.39 is 11.9 Å². The van der Waals surface area contributed by atoms with Crippen molar-refractivity contribution in [2.24, 2.45) is 0 Å². The third-order valence-corrected chi connectivity index (χ3v) is 3.98. The Balaban J connectivity index is 0.000000409. The molecule has 1 aromatic heterocycles. The molecule has 3 N–H and O–H groups in total. The Labute approximate surface area is 161 Å². The Morgan fingerprint density at radius 3 is 2.36 bits per heavy atom. The van der Waals surface area contributed by atoms with Crippen molar-refractivity contribution in [2.45, 2.75) is 19.3 Å². The van der Waals surface area contributed by atoms with E-state index in [-0.39, 0.29) is 11.8 Å². The Morgan fingerprint density at radius 2 is 1.82 bits per heavy atom. The van der Waals surface area contributed by atoms with Gasteiger partial charge in [0.15, 0.2) is 5.82 Å². The van der Waals surface area contributed by atoms with E-state index in [4.69, 9.17) is 24.3 Å². The smallest absolute Gasteiger partial charge is 0.414 e. The zero-order chi connectivity index (χ0) is 20.5. The predicted octanol–water partition coefficient (Wildman–Crippen LogP) is 0.292. The monoisotopic (exact) mass is 390 g/mol. The van der Waals surface area contributed by atoms with Gasteiger partial charge in [0.05, 0.1) is 12.5 Å². The van der Waals surface area contributed by atoms with E-state index in [0.29, 0.717) is 24.8 Å². The maximum Gasteiger partial charge on any atom is 0.414 e. The van der Waals surface area contributed by atoms with E-state index in [1.165, 1.54) is 5.56 Å². The van der Waals surface area contributed by atoms with Crippen molar-refractivity contribution in [3.05, 3.63) is 47.6 Å². The quantitative estimate of drug-likeness (QED) is 0.592. The second-order valence-corrected chi connectivity index (χ2v) is 6.27. The van der Waals surface area contributed by atoms with Gasteiger partial charge in [0.25, 0.3) is 0 Å². The van der Waals surface area contributed by atoms with Crippen molar-refractivity contribution in [2.75, 3.05) is 26.2 Å². The molecule has 0 unspecified atom stereocenters. The van der Waals surface area contributed by atoms with Crippen molar-refractivity contribution >= 4 is 17.8 Å². The van der Waals surface area contributed by atoms with E-state index in [0.717, 1.165) is 19.5 Å². The first-order valence-electron chi connectivity index (χ1n) is 8.64. The summed E-state index contributed by atoms with van der Waals surface area (Å²) in [4.78, 5) is 36.4. The minimum absolute atomic E-state index is 0.0658. The predicted molar refractivity (Wildman–Crippen MR) is 96.6 cm³/mol. The van der Waals surface area contributed by atoms with Gasteiger partial charge in [-0.2, -0.15) is 4.98 Å². The molecule has 1 aromatic carbocycles. The highest BCUT2D eigenvalue weighted by Crippen LogP contribution is 2.24. The number of amides is 1. The van der Waals surface area contributed by atoms with Gasteiger partial charge in [-0.1, -0.05) is 35.5 Å². The molecule has 10 nitrogen and oxygen atoms in total. The standard InChI is InChI=1S/C16H20N4O2.C2H2O4/c1-12-18-16(22-19-12)14-9-20(10-14)11-15(21)17-8-7-13-5-3-2-4-6-13;3-1(4)2(5)6/h2-6,14H,7-11H2,1H3,(H,17,21);(H,3,4)(H,5,6). The van der Waals surface area contributed by atoms with Crippen molar-refractivity contribution in [3.63, 3.8) is 0 Å². The lowest BCUT2D eigenvalue weighted by atomic mass is 10.0. The third-order valence-electron chi connectivity index (χ3n) is 3.98. The van der Waals surface area contributed by atoms with Gasteiger partial charge in [-0.25, -0.2) is 9.59 Å². The molecular weight excluding hydrogens is 368 g/mol. The Kier molecular flexibility index (Phi) is 7.64. The van der Waals surface area contributed by atoms with Gasteiger partial charge >= 0.3 is 11.9 Å². The van der Waals surface area contributed by atoms with Gasteiger partial charge < -0.3 is 20.1 Å². The molecule has 150 valence electrons. The molecule has 10 heteroatoms. The van der Waals surface area contributed by atoms with Crippen LogP contribution in [0.25, 0.3) is 0 Å². The molecule has 3 rings (SSSR count). The molecule has 0 bridgehead atoms. The van der Waals surface area contributed by atoms with E-state index in [1.807, 2.05) is 25.1 Å².